The molecule has 1 N–H and O–H groups in total. The van der Waals surface area contributed by atoms with Gasteiger partial charge in [-0.2, -0.15) is 8.78 Å². The Balaban J connectivity index is 2.21. The van der Waals surface area contributed by atoms with E-state index in [1.54, 1.807) is 31.2 Å². The molecule has 0 saturated carbocycles. The third-order valence-electron chi connectivity index (χ3n) is 3.04. The number of ether oxygens (including phenoxy) is 1. The SMILES string of the molecule is C[C@@H](NS(=O)(=O)c1ccccc1Br)c1cccc(OC(F)F)c1. The zero-order valence-electron chi connectivity index (χ0n) is 12.0. The molecule has 0 aromatic heterocycles. The molecule has 0 radical (unpaired) electrons. The van der Waals surface area contributed by atoms with Crippen LogP contribution in [0.1, 0.15) is 18.5 Å². The van der Waals surface area contributed by atoms with Crippen LogP contribution in [-0.2, 0) is 10.0 Å². The van der Waals surface area contributed by atoms with Crippen LogP contribution in [0.5, 0.6) is 5.75 Å². The highest BCUT2D eigenvalue weighted by molar-refractivity contribution is 9.10. The molecule has 0 heterocycles. The van der Waals surface area contributed by atoms with Crippen LogP contribution in [0.15, 0.2) is 57.9 Å². The van der Waals surface area contributed by atoms with Crippen molar-refractivity contribution < 1.29 is 21.9 Å². The minimum Gasteiger partial charge on any atom is -0.435 e. The van der Waals surface area contributed by atoms with E-state index in [1.807, 2.05) is 0 Å². The second kappa shape index (κ2) is 7.37. The monoisotopic (exact) mass is 405 g/mol. The summed E-state index contributed by atoms with van der Waals surface area (Å²) in [5, 5.41) is 0. The van der Waals surface area contributed by atoms with E-state index in [9.17, 15) is 17.2 Å². The van der Waals surface area contributed by atoms with Crippen LogP contribution < -0.4 is 9.46 Å². The van der Waals surface area contributed by atoms with Crippen molar-refractivity contribution in [2.75, 3.05) is 0 Å². The first-order valence-corrected chi connectivity index (χ1v) is 8.89. The lowest BCUT2D eigenvalue weighted by Crippen LogP contribution is -2.27. The van der Waals surface area contributed by atoms with Gasteiger partial charge in [-0.25, -0.2) is 13.1 Å². The number of halogens is 3. The molecule has 0 unspecified atom stereocenters. The first-order valence-electron chi connectivity index (χ1n) is 6.61. The van der Waals surface area contributed by atoms with E-state index in [1.165, 1.54) is 24.3 Å². The van der Waals surface area contributed by atoms with Crippen LogP contribution >= 0.6 is 15.9 Å². The highest BCUT2D eigenvalue weighted by atomic mass is 79.9. The molecule has 2 rings (SSSR count). The normalized spacial score (nSPS) is 13.1. The number of alkyl halides is 2. The van der Waals surface area contributed by atoms with E-state index >= 15 is 0 Å². The fraction of sp³-hybridized carbons (Fsp3) is 0.200. The number of benzene rings is 2. The van der Waals surface area contributed by atoms with Gasteiger partial charge in [0, 0.05) is 10.5 Å². The van der Waals surface area contributed by atoms with Gasteiger partial charge in [-0.1, -0.05) is 24.3 Å². The van der Waals surface area contributed by atoms with Crippen LogP contribution in [0, 0.1) is 0 Å². The van der Waals surface area contributed by atoms with E-state index in [4.69, 9.17) is 0 Å². The van der Waals surface area contributed by atoms with Gasteiger partial charge in [0.2, 0.25) is 10.0 Å². The van der Waals surface area contributed by atoms with Gasteiger partial charge in [0.15, 0.2) is 0 Å². The van der Waals surface area contributed by atoms with Crippen LogP contribution in [0.25, 0.3) is 0 Å². The molecule has 0 aliphatic heterocycles. The van der Waals surface area contributed by atoms with Gasteiger partial charge in [0.05, 0.1) is 4.90 Å². The van der Waals surface area contributed by atoms with Gasteiger partial charge in [0.1, 0.15) is 5.75 Å². The molecule has 8 heteroatoms. The van der Waals surface area contributed by atoms with Gasteiger partial charge in [0.25, 0.3) is 0 Å². The smallest absolute Gasteiger partial charge is 0.387 e. The van der Waals surface area contributed by atoms with Crippen LogP contribution in [0.3, 0.4) is 0 Å². The summed E-state index contributed by atoms with van der Waals surface area (Å²) in [4.78, 5) is 0.104. The average Bonchev–Trinajstić information content (AvgIpc) is 2.46. The molecule has 0 saturated heterocycles. The Bertz CT molecular complexity index is 784. The fourth-order valence-electron chi connectivity index (χ4n) is 1.99. The highest BCUT2D eigenvalue weighted by Gasteiger charge is 2.21. The second-order valence-corrected chi connectivity index (χ2v) is 7.26. The van der Waals surface area contributed by atoms with E-state index in [0.29, 0.717) is 10.0 Å². The van der Waals surface area contributed by atoms with E-state index in [-0.39, 0.29) is 10.6 Å². The summed E-state index contributed by atoms with van der Waals surface area (Å²) in [5.74, 6) is -0.0237. The zero-order valence-corrected chi connectivity index (χ0v) is 14.4. The predicted molar refractivity (Wildman–Crippen MR) is 86.0 cm³/mol. The minimum absolute atomic E-state index is 0.0237. The van der Waals surface area contributed by atoms with Crippen molar-refractivity contribution >= 4 is 26.0 Å². The zero-order chi connectivity index (χ0) is 17.0. The third kappa shape index (κ3) is 4.73. The molecule has 0 fully saturated rings. The third-order valence-corrected chi connectivity index (χ3v) is 5.59. The van der Waals surface area contributed by atoms with Gasteiger partial charge in [-0.15, -0.1) is 0 Å². The topological polar surface area (TPSA) is 55.4 Å². The summed E-state index contributed by atoms with van der Waals surface area (Å²) in [6, 6.07) is 11.7. The highest BCUT2D eigenvalue weighted by Crippen LogP contribution is 2.25. The van der Waals surface area contributed by atoms with Crippen molar-refractivity contribution in [2.24, 2.45) is 0 Å². The number of hydrogen-bond donors (Lipinski definition) is 1. The Morgan fingerprint density at radius 3 is 2.48 bits per heavy atom. The van der Waals surface area contributed by atoms with Crippen molar-refractivity contribution in [1.82, 2.24) is 4.72 Å². The van der Waals surface area contributed by atoms with Crippen molar-refractivity contribution in [3.8, 4) is 5.75 Å². The maximum absolute atomic E-state index is 12.4. The average molecular weight is 406 g/mol. The summed E-state index contributed by atoms with van der Waals surface area (Å²) in [6.07, 6.45) is 0. The lowest BCUT2D eigenvalue weighted by atomic mass is 10.1. The molecule has 4 nitrogen and oxygen atoms in total. The number of nitrogens with one attached hydrogen (secondary N) is 1. The first-order chi connectivity index (χ1) is 10.8. The van der Waals surface area contributed by atoms with Crippen molar-refractivity contribution in [1.29, 1.82) is 0 Å². The Hall–Kier alpha value is -1.51. The Morgan fingerprint density at radius 2 is 1.83 bits per heavy atom. The van der Waals surface area contributed by atoms with Gasteiger partial charge in [-0.3, -0.25) is 0 Å². The van der Waals surface area contributed by atoms with E-state index in [2.05, 4.69) is 25.4 Å². The lowest BCUT2D eigenvalue weighted by molar-refractivity contribution is -0.0499. The quantitative estimate of drug-likeness (QED) is 0.787. The van der Waals surface area contributed by atoms with Crippen molar-refractivity contribution in [2.45, 2.75) is 24.5 Å². The predicted octanol–water partition coefficient (Wildman–Crippen LogP) is 4.09. The second-order valence-electron chi connectivity index (χ2n) is 4.72. The largest absolute Gasteiger partial charge is 0.435 e. The van der Waals surface area contributed by atoms with Crippen molar-refractivity contribution in [3.05, 3.63) is 58.6 Å². The summed E-state index contributed by atoms with van der Waals surface area (Å²) in [6.45, 7) is -1.31. The maximum Gasteiger partial charge on any atom is 0.387 e. The maximum atomic E-state index is 12.4. The van der Waals surface area contributed by atoms with Crippen molar-refractivity contribution in [3.63, 3.8) is 0 Å². The molecule has 2 aromatic rings. The molecule has 0 bridgehead atoms. The molecule has 0 aliphatic rings. The number of sulfonamides is 1. The minimum atomic E-state index is -3.76. The first kappa shape index (κ1) is 17.8. The molecule has 0 aliphatic carbocycles. The summed E-state index contributed by atoms with van der Waals surface area (Å²) in [7, 11) is -3.76. The lowest BCUT2D eigenvalue weighted by Gasteiger charge is -2.16. The van der Waals surface area contributed by atoms with Crippen LogP contribution in [-0.4, -0.2) is 15.0 Å². The molecule has 2 aromatic carbocycles. The molecule has 23 heavy (non-hydrogen) atoms. The Kier molecular flexibility index (Phi) is 5.72. The summed E-state index contributed by atoms with van der Waals surface area (Å²) in [5.41, 5.74) is 0.513. The Labute approximate surface area is 141 Å². The van der Waals surface area contributed by atoms with Crippen LogP contribution in [0.2, 0.25) is 0 Å². The molecule has 1 atom stereocenters. The molecule has 124 valence electrons. The van der Waals surface area contributed by atoms with E-state index in [0.717, 1.165) is 0 Å². The fourth-order valence-corrected chi connectivity index (χ4v) is 4.22. The molecule has 0 amide bonds. The molecular formula is C15H14BrF2NO3S. The van der Waals surface area contributed by atoms with Gasteiger partial charge in [-0.05, 0) is 52.7 Å². The molecule has 0 spiro atoms. The molecular weight excluding hydrogens is 392 g/mol. The number of rotatable bonds is 6. The summed E-state index contributed by atoms with van der Waals surface area (Å²) < 4.78 is 56.6. The standard InChI is InChI=1S/C15H14BrF2NO3S/c1-10(11-5-4-6-12(9-11)22-15(17)18)19-23(20,21)14-8-3-2-7-13(14)16/h2-10,15,19H,1H3/t10-/m1/s1. The van der Waals surface area contributed by atoms with Crippen LogP contribution in [0.4, 0.5) is 8.78 Å². The Morgan fingerprint density at radius 1 is 1.13 bits per heavy atom. The number of hydrogen-bond acceptors (Lipinski definition) is 3. The summed E-state index contributed by atoms with van der Waals surface area (Å²) >= 11 is 3.19. The van der Waals surface area contributed by atoms with Gasteiger partial charge < -0.3 is 4.74 Å². The van der Waals surface area contributed by atoms with E-state index < -0.39 is 22.7 Å². The van der Waals surface area contributed by atoms with Gasteiger partial charge >= 0.3 is 6.61 Å².